The van der Waals surface area contributed by atoms with Gasteiger partial charge in [-0.15, -0.1) is 0 Å². The highest BCUT2D eigenvalue weighted by molar-refractivity contribution is 6.30. The Morgan fingerprint density at radius 3 is 2.03 bits per heavy atom. The highest BCUT2D eigenvalue weighted by atomic mass is 35.5. The zero-order valence-corrected chi connectivity index (χ0v) is 19.6. The molecule has 0 aliphatic carbocycles. The molecule has 164 valence electrons. The van der Waals surface area contributed by atoms with Crippen molar-refractivity contribution in [1.82, 2.24) is 0 Å². The van der Waals surface area contributed by atoms with Crippen LogP contribution in [0.4, 0.5) is 5.69 Å². The van der Waals surface area contributed by atoms with E-state index < -0.39 is 0 Å². The smallest absolute Gasteiger partial charge is 0.159 e. The summed E-state index contributed by atoms with van der Waals surface area (Å²) in [6.45, 7) is 9.33. The molecule has 3 rings (SSSR count). The van der Waals surface area contributed by atoms with Crippen LogP contribution in [-0.2, 0) is 6.42 Å². The summed E-state index contributed by atoms with van der Waals surface area (Å²) in [4.78, 5) is 15.9. The lowest BCUT2D eigenvalue weighted by atomic mass is 10.1. The number of amidine groups is 1. The molecule has 3 aromatic carbocycles. The molecule has 0 amide bonds. The van der Waals surface area contributed by atoms with Gasteiger partial charge in [0.1, 0.15) is 5.84 Å². The molecule has 0 radical (unpaired) electrons. The summed E-state index contributed by atoms with van der Waals surface area (Å²) in [5.74, 6) is 0.777. The minimum absolute atomic E-state index is 0.0471. The standard InChI is InChI=1S/C20H19ClN2O.C8H10/c1-4-5-20(17-6-10-18(21)11-7-17)23-15(3)22-19-12-8-16(9-13-19)14(2)24;1-2-8-6-4-3-5-7-8/h4-13H,1H2,2-3H3,(H,22,23);3-7H,2H2,1H3/b20-5-;. The molecule has 0 fully saturated rings. The Kier molecular flexibility index (Phi) is 10.2. The van der Waals surface area contributed by atoms with Crippen molar-refractivity contribution in [3.8, 4) is 0 Å². The maximum absolute atomic E-state index is 11.3. The quantitative estimate of drug-likeness (QED) is 0.182. The molecule has 1 N–H and O–H groups in total. The molecule has 0 unspecified atom stereocenters. The van der Waals surface area contributed by atoms with Crippen LogP contribution in [0.15, 0.2) is 103 Å². The Hall–Kier alpha value is -3.43. The maximum atomic E-state index is 11.3. The summed E-state index contributed by atoms with van der Waals surface area (Å²) in [5.41, 5.74) is 4.70. The molecule has 0 spiro atoms. The number of carbonyl (C=O) groups excluding carboxylic acids is 1. The van der Waals surface area contributed by atoms with E-state index >= 15 is 0 Å². The maximum Gasteiger partial charge on any atom is 0.159 e. The number of rotatable bonds is 6. The number of aliphatic imine (C=N–C) groups is 1. The van der Waals surface area contributed by atoms with Gasteiger partial charge in [0.15, 0.2) is 5.78 Å². The number of aryl methyl sites for hydroxylation is 1. The normalized spacial score (nSPS) is 11.2. The predicted octanol–water partition coefficient (Wildman–Crippen LogP) is 7.85. The van der Waals surface area contributed by atoms with Crippen LogP contribution >= 0.6 is 11.6 Å². The summed E-state index contributed by atoms with van der Waals surface area (Å²) < 4.78 is 0. The number of hydrogen-bond donors (Lipinski definition) is 1. The summed E-state index contributed by atoms with van der Waals surface area (Å²) in [6, 6.07) is 25.2. The first-order valence-corrected chi connectivity index (χ1v) is 10.9. The van der Waals surface area contributed by atoms with E-state index in [4.69, 9.17) is 11.6 Å². The van der Waals surface area contributed by atoms with Gasteiger partial charge < -0.3 is 5.32 Å². The Labute approximate surface area is 196 Å². The van der Waals surface area contributed by atoms with Crippen molar-refractivity contribution >= 4 is 34.6 Å². The largest absolute Gasteiger partial charge is 0.344 e. The van der Waals surface area contributed by atoms with Crippen LogP contribution in [0.2, 0.25) is 5.02 Å². The topological polar surface area (TPSA) is 41.5 Å². The highest BCUT2D eigenvalue weighted by Gasteiger charge is 2.03. The van der Waals surface area contributed by atoms with E-state index in [0.29, 0.717) is 10.6 Å². The van der Waals surface area contributed by atoms with Crippen LogP contribution in [0.1, 0.15) is 42.3 Å². The fourth-order valence-corrected chi connectivity index (χ4v) is 2.98. The minimum atomic E-state index is 0.0471. The molecular weight excluding hydrogens is 416 g/mol. The molecule has 3 aromatic rings. The monoisotopic (exact) mass is 444 g/mol. The van der Waals surface area contributed by atoms with E-state index in [9.17, 15) is 4.79 Å². The lowest BCUT2D eigenvalue weighted by Gasteiger charge is -2.08. The Morgan fingerprint density at radius 2 is 1.53 bits per heavy atom. The number of allylic oxidation sites excluding steroid dienone is 2. The first-order valence-electron chi connectivity index (χ1n) is 10.5. The number of halogens is 1. The van der Waals surface area contributed by atoms with Crippen LogP contribution in [0, 0.1) is 0 Å². The van der Waals surface area contributed by atoms with Gasteiger partial charge in [-0.1, -0.05) is 73.6 Å². The number of benzene rings is 3. The van der Waals surface area contributed by atoms with Gasteiger partial charge in [-0.05, 0) is 68.3 Å². The van der Waals surface area contributed by atoms with E-state index in [1.807, 2.05) is 55.5 Å². The zero-order chi connectivity index (χ0) is 23.3. The van der Waals surface area contributed by atoms with Crippen molar-refractivity contribution in [2.45, 2.75) is 27.2 Å². The van der Waals surface area contributed by atoms with Crippen molar-refractivity contribution in [3.05, 3.63) is 119 Å². The molecule has 0 aliphatic rings. The van der Waals surface area contributed by atoms with Crippen molar-refractivity contribution in [2.75, 3.05) is 5.32 Å². The van der Waals surface area contributed by atoms with E-state index in [1.54, 1.807) is 25.1 Å². The number of ketones is 1. The number of hydrogen-bond acceptors (Lipinski definition) is 2. The number of carbonyl (C=O) groups is 1. The third-order valence-electron chi connectivity index (χ3n) is 4.57. The molecule has 0 saturated carbocycles. The first-order chi connectivity index (χ1) is 15.4. The molecule has 4 heteroatoms. The number of Topliss-reactive ketones (excluding diaryl/α,β-unsaturated/α-hetero) is 1. The summed E-state index contributed by atoms with van der Waals surface area (Å²) >= 11 is 5.93. The second-order valence-corrected chi connectivity index (χ2v) is 7.53. The van der Waals surface area contributed by atoms with Gasteiger partial charge in [-0.3, -0.25) is 4.79 Å². The molecule has 0 aliphatic heterocycles. The second kappa shape index (κ2) is 13.1. The molecule has 0 atom stereocenters. The number of nitrogens with one attached hydrogen (secondary N) is 1. The van der Waals surface area contributed by atoms with E-state index in [2.05, 4.69) is 48.1 Å². The molecule has 3 nitrogen and oxygen atoms in total. The third-order valence-corrected chi connectivity index (χ3v) is 4.82. The van der Waals surface area contributed by atoms with E-state index in [1.165, 1.54) is 5.56 Å². The molecular formula is C28H29ClN2O. The first kappa shape index (κ1) is 24.8. The van der Waals surface area contributed by atoms with Gasteiger partial charge >= 0.3 is 0 Å². The summed E-state index contributed by atoms with van der Waals surface area (Å²) in [7, 11) is 0. The van der Waals surface area contributed by atoms with Gasteiger partial charge in [0.25, 0.3) is 0 Å². The highest BCUT2D eigenvalue weighted by Crippen LogP contribution is 2.20. The van der Waals surface area contributed by atoms with Gasteiger partial charge in [0.05, 0.1) is 5.70 Å². The molecule has 0 saturated heterocycles. The fraction of sp³-hybridized carbons (Fsp3) is 0.143. The Balaban J connectivity index is 0.000000380. The van der Waals surface area contributed by atoms with Crippen LogP contribution in [0.5, 0.6) is 0 Å². The van der Waals surface area contributed by atoms with Gasteiger partial charge in [-0.25, -0.2) is 4.99 Å². The van der Waals surface area contributed by atoms with Crippen molar-refractivity contribution in [3.63, 3.8) is 0 Å². The van der Waals surface area contributed by atoms with Gasteiger partial charge in [-0.2, -0.15) is 0 Å². The van der Waals surface area contributed by atoms with Gasteiger partial charge in [0, 0.05) is 21.8 Å². The third kappa shape index (κ3) is 8.37. The fourth-order valence-electron chi connectivity index (χ4n) is 2.85. The average molecular weight is 445 g/mol. The van der Waals surface area contributed by atoms with E-state index in [-0.39, 0.29) is 5.78 Å². The second-order valence-electron chi connectivity index (χ2n) is 7.09. The minimum Gasteiger partial charge on any atom is -0.344 e. The summed E-state index contributed by atoms with van der Waals surface area (Å²) in [6.07, 6.45) is 4.68. The predicted molar refractivity (Wildman–Crippen MR) is 139 cm³/mol. The van der Waals surface area contributed by atoms with E-state index in [0.717, 1.165) is 29.2 Å². The van der Waals surface area contributed by atoms with Crippen molar-refractivity contribution in [1.29, 1.82) is 0 Å². The van der Waals surface area contributed by atoms with Crippen molar-refractivity contribution in [2.24, 2.45) is 4.99 Å². The molecule has 0 bridgehead atoms. The Bertz CT molecular complexity index is 1070. The molecule has 32 heavy (non-hydrogen) atoms. The SMILES string of the molecule is C=C/C=C(\N=C(C)Nc1ccc(C(C)=O)cc1)c1ccc(Cl)cc1.CCc1ccccc1. The lowest BCUT2D eigenvalue weighted by Crippen LogP contribution is -2.07. The van der Waals surface area contributed by atoms with Crippen LogP contribution < -0.4 is 5.32 Å². The zero-order valence-electron chi connectivity index (χ0n) is 18.8. The summed E-state index contributed by atoms with van der Waals surface area (Å²) in [5, 5.41) is 3.90. The van der Waals surface area contributed by atoms with Crippen molar-refractivity contribution < 1.29 is 4.79 Å². The molecule has 0 aromatic heterocycles. The molecule has 0 heterocycles. The Morgan fingerprint density at radius 1 is 0.938 bits per heavy atom. The van der Waals surface area contributed by atoms with Crippen LogP contribution in [-0.4, -0.2) is 11.6 Å². The van der Waals surface area contributed by atoms with Gasteiger partial charge in [0.2, 0.25) is 0 Å². The van der Waals surface area contributed by atoms with Crippen LogP contribution in [0.3, 0.4) is 0 Å². The number of nitrogens with zero attached hydrogens (tertiary/aromatic N) is 1. The number of anilines is 1. The van der Waals surface area contributed by atoms with Crippen LogP contribution in [0.25, 0.3) is 5.70 Å². The lowest BCUT2D eigenvalue weighted by molar-refractivity contribution is 0.101. The average Bonchev–Trinajstić information content (AvgIpc) is 2.80.